The van der Waals surface area contributed by atoms with Crippen LogP contribution in [0.15, 0.2) is 24.3 Å². The van der Waals surface area contributed by atoms with Gasteiger partial charge in [-0.3, -0.25) is 0 Å². The average Bonchev–Trinajstić information content (AvgIpc) is 2.77. The van der Waals surface area contributed by atoms with Gasteiger partial charge < -0.3 is 10.1 Å². The minimum absolute atomic E-state index is 0.178. The average molecular weight is 267 g/mol. The molecule has 1 unspecified atom stereocenters. The van der Waals surface area contributed by atoms with Crippen molar-refractivity contribution in [2.24, 2.45) is 0 Å². The lowest BCUT2D eigenvalue weighted by Crippen LogP contribution is -2.20. The second kappa shape index (κ2) is 6.27. The minimum Gasteiger partial charge on any atom is -0.379 e. The lowest BCUT2D eigenvalue weighted by Gasteiger charge is -2.14. The topological polar surface area (TPSA) is 21.3 Å². The maximum absolute atomic E-state index is 13.1. The Morgan fingerprint density at radius 2 is 2.22 bits per heavy atom. The summed E-state index contributed by atoms with van der Waals surface area (Å²) in [6.45, 7) is 3.52. The van der Waals surface area contributed by atoms with Crippen molar-refractivity contribution in [3.8, 4) is 0 Å². The van der Waals surface area contributed by atoms with Crippen LogP contribution in [0.3, 0.4) is 0 Å². The smallest absolute Gasteiger partial charge is 0.124 e. The quantitative estimate of drug-likeness (QED) is 0.805. The maximum atomic E-state index is 13.1. The largest absolute Gasteiger partial charge is 0.379 e. The lowest BCUT2D eigenvalue weighted by atomic mass is 10.2. The highest BCUT2D eigenvalue weighted by atomic mass is 32.1. The van der Waals surface area contributed by atoms with Crippen LogP contribution in [0.5, 0.6) is 0 Å². The number of nitrogens with one attached hydrogen (secondary N) is 1. The van der Waals surface area contributed by atoms with E-state index < -0.39 is 0 Å². The molecule has 18 heavy (non-hydrogen) atoms. The van der Waals surface area contributed by atoms with E-state index in [1.807, 2.05) is 13.1 Å². The van der Waals surface area contributed by atoms with Crippen molar-refractivity contribution < 1.29 is 9.13 Å². The predicted molar refractivity (Wildman–Crippen MR) is 74.7 cm³/mol. The van der Waals surface area contributed by atoms with E-state index in [1.54, 1.807) is 17.4 Å². The summed E-state index contributed by atoms with van der Waals surface area (Å²) in [4.78, 5) is 1.19. The Balaban J connectivity index is 2.17. The zero-order valence-corrected chi connectivity index (χ0v) is 11.5. The molecule has 0 aliphatic rings. The van der Waals surface area contributed by atoms with E-state index in [0.717, 1.165) is 23.1 Å². The molecule has 4 heteroatoms. The molecule has 1 aromatic carbocycles. The molecule has 0 aliphatic carbocycles. The molecular formula is C14H18FNOS. The van der Waals surface area contributed by atoms with Crippen molar-refractivity contribution in [1.29, 1.82) is 0 Å². The predicted octanol–water partition coefficient (Wildman–Crippen LogP) is 3.73. The summed E-state index contributed by atoms with van der Waals surface area (Å²) in [6.07, 6.45) is 1.02. The van der Waals surface area contributed by atoms with Gasteiger partial charge in [-0.05, 0) is 37.1 Å². The van der Waals surface area contributed by atoms with Crippen LogP contribution in [0.25, 0.3) is 10.1 Å². The fourth-order valence-corrected chi connectivity index (χ4v) is 3.03. The Morgan fingerprint density at radius 3 is 2.94 bits per heavy atom. The first-order valence-corrected chi connectivity index (χ1v) is 7.00. The summed E-state index contributed by atoms with van der Waals surface area (Å²) in [6, 6.07) is 7.20. The van der Waals surface area contributed by atoms with Crippen LogP contribution in [0.2, 0.25) is 0 Å². The van der Waals surface area contributed by atoms with Crippen molar-refractivity contribution in [1.82, 2.24) is 5.32 Å². The fraction of sp³-hybridized carbons (Fsp3) is 0.429. The molecule has 0 radical (unpaired) electrons. The summed E-state index contributed by atoms with van der Waals surface area (Å²) in [5, 5.41) is 4.33. The first kappa shape index (κ1) is 13.5. The Hall–Kier alpha value is -0.970. The summed E-state index contributed by atoms with van der Waals surface area (Å²) < 4.78 is 19.7. The number of hydrogen-bond acceptors (Lipinski definition) is 3. The third kappa shape index (κ3) is 3.07. The molecule has 1 atom stereocenters. The molecule has 0 fully saturated rings. The molecule has 2 aromatic rings. The van der Waals surface area contributed by atoms with Crippen LogP contribution in [0, 0.1) is 5.82 Å². The molecule has 0 aliphatic heterocycles. The molecule has 0 amide bonds. The van der Waals surface area contributed by atoms with Crippen LogP contribution < -0.4 is 5.32 Å². The van der Waals surface area contributed by atoms with Crippen LogP contribution in [0.1, 0.15) is 24.3 Å². The molecular weight excluding hydrogens is 249 g/mol. The highest BCUT2D eigenvalue weighted by molar-refractivity contribution is 7.19. The fourth-order valence-electron chi connectivity index (χ4n) is 1.85. The van der Waals surface area contributed by atoms with Gasteiger partial charge in [0.1, 0.15) is 5.82 Å². The van der Waals surface area contributed by atoms with E-state index in [2.05, 4.69) is 18.3 Å². The number of thiophene rings is 1. The third-order valence-electron chi connectivity index (χ3n) is 2.83. The molecule has 2 nitrogen and oxygen atoms in total. The minimum atomic E-state index is -0.181. The number of rotatable bonds is 6. The number of likely N-dealkylation sites (N-methyl/N-ethyl adjacent to an activating group) is 1. The van der Waals surface area contributed by atoms with E-state index in [4.69, 9.17) is 4.74 Å². The van der Waals surface area contributed by atoms with Gasteiger partial charge in [-0.25, -0.2) is 4.39 Å². The monoisotopic (exact) mass is 267 g/mol. The zero-order chi connectivity index (χ0) is 13.0. The van der Waals surface area contributed by atoms with Gasteiger partial charge in [0.2, 0.25) is 0 Å². The van der Waals surface area contributed by atoms with Gasteiger partial charge in [0.25, 0.3) is 0 Å². The van der Waals surface area contributed by atoms with Crippen LogP contribution in [-0.4, -0.2) is 20.3 Å². The van der Waals surface area contributed by atoms with Crippen LogP contribution in [-0.2, 0) is 4.74 Å². The third-order valence-corrected chi connectivity index (χ3v) is 4.04. The number of hydrogen-bond donors (Lipinski definition) is 1. The van der Waals surface area contributed by atoms with Crippen molar-refractivity contribution in [3.63, 3.8) is 0 Å². The van der Waals surface area contributed by atoms with Crippen molar-refractivity contribution in [2.45, 2.75) is 19.4 Å². The highest BCUT2D eigenvalue weighted by Crippen LogP contribution is 2.30. The first-order chi connectivity index (χ1) is 8.74. The Kier molecular flexibility index (Phi) is 4.69. The van der Waals surface area contributed by atoms with Gasteiger partial charge in [0.05, 0.1) is 12.6 Å². The van der Waals surface area contributed by atoms with E-state index >= 15 is 0 Å². The summed E-state index contributed by atoms with van der Waals surface area (Å²) in [5.41, 5.74) is 0. The standard InChI is InChI=1S/C14H18FNOS/c1-3-6-17-9-12(16-2)14-7-10-4-5-11(15)8-13(10)18-14/h4-5,7-8,12,16H,3,6,9H2,1-2H3. The van der Waals surface area contributed by atoms with Gasteiger partial charge >= 0.3 is 0 Å². The molecule has 2 rings (SSSR count). The van der Waals surface area contributed by atoms with E-state index in [0.29, 0.717) is 6.61 Å². The van der Waals surface area contributed by atoms with Crippen molar-refractivity contribution in [3.05, 3.63) is 35.0 Å². The van der Waals surface area contributed by atoms with Crippen molar-refractivity contribution in [2.75, 3.05) is 20.3 Å². The lowest BCUT2D eigenvalue weighted by molar-refractivity contribution is 0.115. The van der Waals surface area contributed by atoms with Crippen LogP contribution in [0.4, 0.5) is 4.39 Å². The normalized spacial score (nSPS) is 13.1. The molecule has 0 bridgehead atoms. The Bertz CT molecular complexity index is 511. The van der Waals surface area contributed by atoms with Gasteiger partial charge in [0, 0.05) is 16.2 Å². The molecule has 1 aromatic heterocycles. The number of ether oxygens (including phenoxy) is 1. The van der Waals surface area contributed by atoms with Gasteiger partial charge in [-0.1, -0.05) is 13.0 Å². The SMILES string of the molecule is CCCOCC(NC)c1cc2ccc(F)cc2s1. The molecule has 0 saturated heterocycles. The van der Waals surface area contributed by atoms with Gasteiger partial charge in [0.15, 0.2) is 0 Å². The molecule has 0 saturated carbocycles. The first-order valence-electron chi connectivity index (χ1n) is 6.18. The molecule has 1 N–H and O–H groups in total. The molecule has 98 valence electrons. The van der Waals surface area contributed by atoms with E-state index in [-0.39, 0.29) is 11.9 Å². The second-order valence-corrected chi connectivity index (χ2v) is 5.36. The summed E-state index contributed by atoms with van der Waals surface area (Å²) in [5.74, 6) is -0.181. The summed E-state index contributed by atoms with van der Waals surface area (Å²) >= 11 is 1.62. The number of halogens is 1. The van der Waals surface area contributed by atoms with E-state index in [1.165, 1.54) is 10.9 Å². The van der Waals surface area contributed by atoms with Gasteiger partial charge in [-0.15, -0.1) is 11.3 Å². The molecule has 0 spiro atoms. The number of benzene rings is 1. The summed E-state index contributed by atoms with van der Waals surface area (Å²) in [7, 11) is 1.92. The maximum Gasteiger partial charge on any atom is 0.124 e. The number of fused-ring (bicyclic) bond motifs is 1. The van der Waals surface area contributed by atoms with Crippen molar-refractivity contribution >= 4 is 21.4 Å². The van der Waals surface area contributed by atoms with Crippen LogP contribution >= 0.6 is 11.3 Å². The Labute approximate surface area is 111 Å². The zero-order valence-electron chi connectivity index (χ0n) is 10.7. The second-order valence-electron chi connectivity index (χ2n) is 4.25. The van der Waals surface area contributed by atoms with E-state index in [9.17, 15) is 4.39 Å². The molecule has 1 heterocycles. The highest BCUT2D eigenvalue weighted by Gasteiger charge is 2.13. The van der Waals surface area contributed by atoms with Gasteiger partial charge in [-0.2, -0.15) is 0 Å². The Morgan fingerprint density at radius 1 is 1.39 bits per heavy atom.